The summed E-state index contributed by atoms with van der Waals surface area (Å²) in [6.45, 7) is 0. The van der Waals surface area contributed by atoms with Crippen LogP contribution in [0.2, 0.25) is 0 Å². The lowest BCUT2D eigenvalue weighted by Crippen LogP contribution is -2.04. The summed E-state index contributed by atoms with van der Waals surface area (Å²) in [6, 6.07) is 16.7. The number of fused-ring (bicyclic) bond motifs is 1. The molecule has 0 aliphatic rings. The van der Waals surface area contributed by atoms with E-state index in [-0.39, 0.29) is 22.7 Å². The second-order valence-corrected chi connectivity index (χ2v) is 5.01. The van der Waals surface area contributed by atoms with Crippen LogP contribution in [0.4, 0.5) is 5.69 Å². The van der Waals surface area contributed by atoms with Crippen LogP contribution in [0.1, 0.15) is 10.4 Å². The summed E-state index contributed by atoms with van der Waals surface area (Å²) in [7, 11) is 1.27. The third kappa shape index (κ3) is 2.89. The van der Waals surface area contributed by atoms with Crippen LogP contribution in [0.15, 0.2) is 60.7 Å². The Morgan fingerprint density at radius 3 is 2.25 bits per heavy atom. The van der Waals surface area contributed by atoms with Crippen molar-refractivity contribution in [2.24, 2.45) is 0 Å². The Labute approximate surface area is 137 Å². The Bertz CT molecular complexity index is 936. The maximum absolute atomic E-state index is 12.1. The number of ether oxygens (including phenoxy) is 2. The van der Waals surface area contributed by atoms with Crippen LogP contribution in [-0.2, 0) is 4.74 Å². The van der Waals surface area contributed by atoms with E-state index in [4.69, 9.17) is 9.47 Å². The second kappa shape index (κ2) is 6.37. The van der Waals surface area contributed by atoms with Gasteiger partial charge in [0.1, 0.15) is 11.3 Å². The fraction of sp³-hybridized carbons (Fsp3) is 0.0556. The number of carbonyl (C=O) groups excluding carboxylic acids is 1. The molecule has 24 heavy (non-hydrogen) atoms. The SMILES string of the molecule is COC(=O)c1cc2ccccc2cc1Oc1ccccc1[N+](=O)[O-]. The minimum Gasteiger partial charge on any atom is -0.465 e. The number of carbonyl (C=O) groups is 1. The molecule has 3 aromatic carbocycles. The first-order valence-electron chi connectivity index (χ1n) is 7.12. The summed E-state index contributed by atoms with van der Waals surface area (Å²) in [5, 5.41) is 12.8. The van der Waals surface area contributed by atoms with Crippen LogP contribution in [0, 0.1) is 10.1 Å². The van der Waals surface area contributed by atoms with E-state index in [1.54, 1.807) is 24.3 Å². The molecule has 0 aliphatic heterocycles. The van der Waals surface area contributed by atoms with E-state index >= 15 is 0 Å². The highest BCUT2D eigenvalue weighted by Crippen LogP contribution is 2.35. The molecule has 3 rings (SSSR count). The summed E-state index contributed by atoms with van der Waals surface area (Å²) in [5.74, 6) is -0.313. The molecule has 0 bridgehead atoms. The number of nitrogens with zero attached hydrogens (tertiary/aromatic N) is 1. The summed E-state index contributed by atoms with van der Waals surface area (Å²) in [6.07, 6.45) is 0. The van der Waals surface area contributed by atoms with Gasteiger partial charge in [0.2, 0.25) is 5.75 Å². The van der Waals surface area contributed by atoms with Crippen molar-refractivity contribution in [2.45, 2.75) is 0 Å². The fourth-order valence-electron chi connectivity index (χ4n) is 2.39. The first-order valence-corrected chi connectivity index (χ1v) is 7.12. The van der Waals surface area contributed by atoms with Gasteiger partial charge in [-0.3, -0.25) is 10.1 Å². The highest BCUT2D eigenvalue weighted by Gasteiger charge is 2.19. The van der Waals surface area contributed by atoms with Gasteiger partial charge in [0, 0.05) is 6.07 Å². The average Bonchev–Trinajstić information content (AvgIpc) is 2.60. The van der Waals surface area contributed by atoms with Crippen LogP contribution < -0.4 is 4.74 Å². The first kappa shape index (κ1) is 15.5. The van der Waals surface area contributed by atoms with Crippen LogP contribution in [-0.4, -0.2) is 18.0 Å². The highest BCUT2D eigenvalue weighted by molar-refractivity contribution is 5.98. The van der Waals surface area contributed by atoms with Gasteiger partial charge in [-0.1, -0.05) is 36.4 Å². The molecule has 120 valence electrons. The van der Waals surface area contributed by atoms with Crippen molar-refractivity contribution in [3.8, 4) is 11.5 Å². The maximum atomic E-state index is 12.1. The van der Waals surface area contributed by atoms with E-state index in [9.17, 15) is 14.9 Å². The van der Waals surface area contributed by atoms with Gasteiger partial charge < -0.3 is 9.47 Å². The number of nitro benzene ring substituents is 1. The largest absolute Gasteiger partial charge is 0.465 e. The van der Waals surface area contributed by atoms with Crippen LogP contribution in [0.3, 0.4) is 0 Å². The molecular formula is C18H13NO5. The lowest BCUT2D eigenvalue weighted by atomic mass is 10.1. The zero-order valence-corrected chi connectivity index (χ0v) is 12.8. The summed E-state index contributed by atoms with van der Waals surface area (Å²) < 4.78 is 10.5. The van der Waals surface area contributed by atoms with Gasteiger partial charge in [-0.15, -0.1) is 0 Å². The quantitative estimate of drug-likeness (QED) is 0.406. The second-order valence-electron chi connectivity index (χ2n) is 5.01. The van der Waals surface area contributed by atoms with Gasteiger partial charge in [0.25, 0.3) is 0 Å². The van der Waals surface area contributed by atoms with E-state index in [1.807, 2.05) is 24.3 Å². The van der Waals surface area contributed by atoms with Crippen LogP contribution in [0.5, 0.6) is 11.5 Å². The van der Waals surface area contributed by atoms with E-state index in [2.05, 4.69) is 0 Å². The van der Waals surface area contributed by atoms with Gasteiger partial charge in [0.05, 0.1) is 12.0 Å². The molecule has 0 radical (unpaired) electrons. The third-order valence-electron chi connectivity index (χ3n) is 3.54. The fourth-order valence-corrected chi connectivity index (χ4v) is 2.39. The summed E-state index contributed by atoms with van der Waals surface area (Å²) >= 11 is 0. The molecule has 0 atom stereocenters. The Balaban J connectivity index is 2.14. The molecule has 0 N–H and O–H groups in total. The predicted molar refractivity (Wildman–Crippen MR) is 88.5 cm³/mol. The molecular weight excluding hydrogens is 310 g/mol. The van der Waals surface area contributed by atoms with Crippen molar-refractivity contribution >= 4 is 22.4 Å². The third-order valence-corrected chi connectivity index (χ3v) is 3.54. The van der Waals surface area contributed by atoms with Crippen molar-refractivity contribution in [3.05, 3.63) is 76.3 Å². The molecule has 0 heterocycles. The Morgan fingerprint density at radius 2 is 1.58 bits per heavy atom. The van der Waals surface area contributed by atoms with Crippen molar-refractivity contribution in [1.29, 1.82) is 0 Å². The van der Waals surface area contributed by atoms with Crippen molar-refractivity contribution < 1.29 is 19.2 Å². The van der Waals surface area contributed by atoms with E-state index in [0.29, 0.717) is 0 Å². The number of esters is 1. The Morgan fingerprint density at radius 1 is 0.958 bits per heavy atom. The number of rotatable bonds is 4. The minimum atomic E-state index is -0.575. The lowest BCUT2D eigenvalue weighted by molar-refractivity contribution is -0.385. The molecule has 0 spiro atoms. The normalized spacial score (nSPS) is 10.4. The molecule has 6 heteroatoms. The molecule has 3 aromatic rings. The first-order chi connectivity index (χ1) is 11.6. The lowest BCUT2D eigenvalue weighted by Gasteiger charge is -2.11. The number of nitro groups is 1. The van der Waals surface area contributed by atoms with Gasteiger partial charge in [-0.2, -0.15) is 0 Å². The van der Waals surface area contributed by atoms with Gasteiger partial charge in [-0.05, 0) is 29.0 Å². The molecule has 0 saturated carbocycles. The number of hydrogen-bond acceptors (Lipinski definition) is 5. The summed E-state index contributed by atoms with van der Waals surface area (Å²) in [5.41, 5.74) is 0.0239. The van der Waals surface area contributed by atoms with E-state index in [1.165, 1.54) is 19.2 Å². The molecule has 0 saturated heterocycles. The zero-order chi connectivity index (χ0) is 17.1. The monoisotopic (exact) mass is 323 g/mol. The van der Waals surface area contributed by atoms with Gasteiger partial charge in [-0.25, -0.2) is 4.79 Å². The number of benzene rings is 3. The Hall–Kier alpha value is -3.41. The molecule has 6 nitrogen and oxygen atoms in total. The number of methoxy groups -OCH3 is 1. The molecule has 0 fully saturated rings. The van der Waals surface area contributed by atoms with E-state index < -0.39 is 10.9 Å². The standard InChI is InChI=1S/C18H13NO5/c1-23-18(20)14-10-12-6-2-3-7-13(12)11-17(14)24-16-9-5-4-8-15(16)19(21)22/h2-11H,1H3. The van der Waals surface area contributed by atoms with Gasteiger partial charge >= 0.3 is 11.7 Å². The summed E-state index contributed by atoms with van der Waals surface area (Å²) in [4.78, 5) is 22.7. The minimum absolute atomic E-state index is 0.0583. The number of hydrogen-bond donors (Lipinski definition) is 0. The van der Waals surface area contributed by atoms with Crippen molar-refractivity contribution in [2.75, 3.05) is 7.11 Å². The van der Waals surface area contributed by atoms with Crippen molar-refractivity contribution in [3.63, 3.8) is 0 Å². The predicted octanol–water partition coefficient (Wildman–Crippen LogP) is 4.33. The molecule has 0 unspecified atom stereocenters. The molecule has 0 aromatic heterocycles. The zero-order valence-electron chi connectivity index (χ0n) is 12.8. The highest BCUT2D eigenvalue weighted by atomic mass is 16.6. The smallest absolute Gasteiger partial charge is 0.341 e. The van der Waals surface area contributed by atoms with Crippen molar-refractivity contribution in [1.82, 2.24) is 0 Å². The maximum Gasteiger partial charge on any atom is 0.341 e. The molecule has 0 aliphatic carbocycles. The van der Waals surface area contributed by atoms with Crippen LogP contribution in [0.25, 0.3) is 10.8 Å². The van der Waals surface area contributed by atoms with Crippen LogP contribution >= 0.6 is 0 Å². The number of para-hydroxylation sites is 2. The van der Waals surface area contributed by atoms with E-state index in [0.717, 1.165) is 10.8 Å². The van der Waals surface area contributed by atoms with Gasteiger partial charge in [0.15, 0.2) is 0 Å². The Kier molecular flexibility index (Phi) is 4.11. The average molecular weight is 323 g/mol. The molecule has 0 amide bonds. The topological polar surface area (TPSA) is 78.7 Å².